The second kappa shape index (κ2) is 2.85. The van der Waals surface area contributed by atoms with Crippen molar-refractivity contribution >= 4 is 5.97 Å². The number of hydrogen-bond donors (Lipinski definition) is 2. The Hall–Kier alpha value is -1.51. The molecule has 2 N–H and O–H groups in total. The van der Waals surface area contributed by atoms with Crippen LogP contribution in [0.2, 0.25) is 0 Å². The highest BCUT2D eigenvalue weighted by Crippen LogP contribution is 2.24. The first-order chi connectivity index (χ1) is 5.54. The first-order valence-electron chi connectivity index (χ1n) is 3.56. The molecule has 0 radical (unpaired) electrons. The van der Waals surface area contributed by atoms with Crippen LogP contribution < -0.4 is 0 Å². The van der Waals surface area contributed by atoms with Crippen molar-refractivity contribution in [1.82, 2.24) is 0 Å². The largest absolute Gasteiger partial charge is 0.507 e. The Balaban J connectivity index is 3.43. The number of aryl methyl sites for hydroxylation is 2. The van der Waals surface area contributed by atoms with E-state index in [1.807, 2.05) is 0 Å². The van der Waals surface area contributed by atoms with Crippen LogP contribution in [0.5, 0.6) is 5.75 Å². The fraction of sp³-hybridized carbons (Fsp3) is 0.222. The molecular formula is C9H10O3. The lowest BCUT2D eigenvalue weighted by atomic mass is 10.0. The molecule has 64 valence electrons. The summed E-state index contributed by atoms with van der Waals surface area (Å²) in [7, 11) is 0. The third-order valence-corrected chi connectivity index (χ3v) is 1.80. The van der Waals surface area contributed by atoms with E-state index in [1.165, 1.54) is 0 Å². The number of hydrogen-bond acceptors (Lipinski definition) is 2. The average molecular weight is 166 g/mol. The highest BCUT2D eigenvalue weighted by Gasteiger charge is 2.13. The van der Waals surface area contributed by atoms with Gasteiger partial charge in [0, 0.05) is 0 Å². The number of aromatic carboxylic acids is 1. The molecule has 1 rings (SSSR count). The Bertz CT molecular complexity index is 329. The monoisotopic (exact) mass is 166 g/mol. The van der Waals surface area contributed by atoms with E-state index in [4.69, 9.17) is 5.11 Å². The smallest absolute Gasteiger partial charge is 0.339 e. The molecule has 0 aliphatic rings. The molecule has 0 aromatic heterocycles. The predicted molar refractivity (Wildman–Crippen MR) is 44.5 cm³/mol. The molecule has 0 unspecified atom stereocenters. The molecule has 0 fully saturated rings. The van der Waals surface area contributed by atoms with Gasteiger partial charge >= 0.3 is 5.97 Å². The van der Waals surface area contributed by atoms with Gasteiger partial charge in [-0.3, -0.25) is 0 Å². The fourth-order valence-corrected chi connectivity index (χ4v) is 1.07. The molecule has 0 heterocycles. The Labute approximate surface area is 70.3 Å². The normalized spacial score (nSPS) is 9.83. The topological polar surface area (TPSA) is 57.5 Å². The summed E-state index contributed by atoms with van der Waals surface area (Å²) >= 11 is 0. The summed E-state index contributed by atoms with van der Waals surface area (Å²) in [6, 6.07) is 3.37. The number of aromatic hydroxyl groups is 1. The Kier molecular flexibility index (Phi) is 2.04. The average Bonchev–Trinajstić information content (AvgIpc) is 1.97. The fourth-order valence-electron chi connectivity index (χ4n) is 1.07. The first kappa shape index (κ1) is 8.59. The van der Waals surface area contributed by atoms with Gasteiger partial charge in [-0.15, -0.1) is 0 Å². The number of benzene rings is 1. The minimum absolute atomic E-state index is 0.00463. The van der Waals surface area contributed by atoms with Gasteiger partial charge in [-0.05, 0) is 25.0 Å². The van der Waals surface area contributed by atoms with E-state index in [1.54, 1.807) is 26.0 Å². The summed E-state index contributed by atoms with van der Waals surface area (Å²) in [5.41, 5.74) is 1.15. The zero-order valence-electron chi connectivity index (χ0n) is 6.96. The molecule has 1 aromatic carbocycles. The van der Waals surface area contributed by atoms with Crippen LogP contribution in [0.25, 0.3) is 0 Å². The lowest BCUT2D eigenvalue weighted by Crippen LogP contribution is -2.00. The van der Waals surface area contributed by atoms with E-state index < -0.39 is 5.97 Å². The van der Waals surface area contributed by atoms with Gasteiger partial charge in [0.15, 0.2) is 0 Å². The molecule has 0 spiro atoms. The number of rotatable bonds is 1. The van der Waals surface area contributed by atoms with Gasteiger partial charge in [0.05, 0.1) is 0 Å². The van der Waals surface area contributed by atoms with Crippen molar-refractivity contribution in [1.29, 1.82) is 0 Å². The third kappa shape index (κ3) is 1.25. The van der Waals surface area contributed by atoms with Gasteiger partial charge in [-0.25, -0.2) is 4.79 Å². The van der Waals surface area contributed by atoms with Gasteiger partial charge in [0.1, 0.15) is 11.3 Å². The molecule has 3 heteroatoms. The van der Waals surface area contributed by atoms with Crippen LogP contribution >= 0.6 is 0 Å². The van der Waals surface area contributed by atoms with E-state index in [-0.39, 0.29) is 11.3 Å². The van der Waals surface area contributed by atoms with Crippen molar-refractivity contribution in [2.45, 2.75) is 13.8 Å². The first-order valence-corrected chi connectivity index (χ1v) is 3.56. The molecule has 1 aromatic rings. The van der Waals surface area contributed by atoms with Gasteiger partial charge in [-0.2, -0.15) is 0 Å². The van der Waals surface area contributed by atoms with Crippen molar-refractivity contribution < 1.29 is 15.0 Å². The quantitative estimate of drug-likeness (QED) is 0.667. The van der Waals surface area contributed by atoms with E-state index in [2.05, 4.69) is 0 Å². The van der Waals surface area contributed by atoms with Crippen LogP contribution in [0.3, 0.4) is 0 Å². The number of carboxylic acid groups (broad SMARTS) is 1. The van der Waals surface area contributed by atoms with Crippen molar-refractivity contribution in [2.75, 3.05) is 0 Å². The van der Waals surface area contributed by atoms with E-state index in [0.717, 1.165) is 0 Å². The summed E-state index contributed by atoms with van der Waals surface area (Å²) < 4.78 is 0. The minimum atomic E-state index is -1.09. The summed E-state index contributed by atoms with van der Waals surface area (Å²) in [6.07, 6.45) is 0. The van der Waals surface area contributed by atoms with Crippen molar-refractivity contribution in [2.24, 2.45) is 0 Å². The maximum atomic E-state index is 10.6. The Morgan fingerprint density at radius 3 is 2.17 bits per heavy atom. The van der Waals surface area contributed by atoms with E-state index in [0.29, 0.717) is 11.1 Å². The Morgan fingerprint density at radius 1 is 1.25 bits per heavy atom. The third-order valence-electron chi connectivity index (χ3n) is 1.80. The second-order valence-electron chi connectivity index (χ2n) is 2.73. The molecule has 0 amide bonds. The summed E-state index contributed by atoms with van der Waals surface area (Å²) in [6.45, 7) is 3.32. The van der Waals surface area contributed by atoms with Crippen LogP contribution in [0.1, 0.15) is 21.5 Å². The lowest BCUT2D eigenvalue weighted by Gasteiger charge is -2.05. The zero-order valence-corrected chi connectivity index (χ0v) is 6.96. The molecular weight excluding hydrogens is 156 g/mol. The van der Waals surface area contributed by atoms with Crippen molar-refractivity contribution in [3.05, 3.63) is 28.8 Å². The summed E-state index contributed by atoms with van der Waals surface area (Å²) in [5, 5.41) is 18.1. The number of carbonyl (C=O) groups is 1. The Morgan fingerprint density at radius 2 is 1.75 bits per heavy atom. The highest BCUT2D eigenvalue weighted by molar-refractivity contribution is 5.92. The number of phenols is 1. The maximum absolute atomic E-state index is 10.6. The molecule has 0 aliphatic carbocycles. The van der Waals surface area contributed by atoms with E-state index in [9.17, 15) is 9.90 Å². The van der Waals surface area contributed by atoms with Crippen LogP contribution in [-0.4, -0.2) is 16.2 Å². The predicted octanol–water partition coefficient (Wildman–Crippen LogP) is 1.71. The molecule has 0 saturated heterocycles. The minimum Gasteiger partial charge on any atom is -0.507 e. The second-order valence-corrected chi connectivity index (χ2v) is 2.73. The lowest BCUT2D eigenvalue weighted by molar-refractivity contribution is 0.0693. The van der Waals surface area contributed by atoms with Crippen LogP contribution in [0, 0.1) is 13.8 Å². The van der Waals surface area contributed by atoms with Gasteiger partial charge in [0.25, 0.3) is 0 Å². The van der Waals surface area contributed by atoms with Gasteiger partial charge in [0.2, 0.25) is 0 Å². The van der Waals surface area contributed by atoms with Crippen LogP contribution in [-0.2, 0) is 0 Å². The number of carboxylic acids is 1. The van der Waals surface area contributed by atoms with Crippen LogP contribution in [0.15, 0.2) is 12.1 Å². The SMILES string of the molecule is Cc1ccc(C)c(C(=O)O)c1O. The van der Waals surface area contributed by atoms with Crippen molar-refractivity contribution in [3.8, 4) is 5.75 Å². The summed E-state index contributed by atoms with van der Waals surface area (Å²) in [5.74, 6) is -1.23. The van der Waals surface area contributed by atoms with Gasteiger partial charge in [-0.1, -0.05) is 12.1 Å². The van der Waals surface area contributed by atoms with Crippen molar-refractivity contribution in [3.63, 3.8) is 0 Å². The zero-order chi connectivity index (χ0) is 9.30. The molecule has 3 nitrogen and oxygen atoms in total. The van der Waals surface area contributed by atoms with E-state index >= 15 is 0 Å². The molecule has 0 saturated carbocycles. The summed E-state index contributed by atoms with van der Waals surface area (Å²) in [4.78, 5) is 10.6. The molecule has 0 aliphatic heterocycles. The maximum Gasteiger partial charge on any atom is 0.339 e. The van der Waals surface area contributed by atoms with Crippen LogP contribution in [0.4, 0.5) is 0 Å². The van der Waals surface area contributed by atoms with Gasteiger partial charge < -0.3 is 10.2 Å². The standard InChI is InChI=1S/C9H10O3/c1-5-3-4-6(2)8(10)7(5)9(11)12/h3-4,10H,1-2H3,(H,11,12). The molecule has 0 atom stereocenters. The highest BCUT2D eigenvalue weighted by atomic mass is 16.4. The molecule has 0 bridgehead atoms. The molecule has 12 heavy (non-hydrogen) atoms.